The smallest absolute Gasteiger partial charge is 0.273 e. The number of rotatable bonds is 4. The molecule has 22 heavy (non-hydrogen) atoms. The molecule has 2 aromatic carbocycles. The van der Waals surface area contributed by atoms with E-state index in [-0.39, 0.29) is 0 Å². The van der Waals surface area contributed by atoms with Crippen molar-refractivity contribution in [1.29, 1.82) is 0 Å². The van der Waals surface area contributed by atoms with Crippen molar-refractivity contribution in [2.24, 2.45) is 5.10 Å². The lowest BCUT2D eigenvalue weighted by atomic mass is 10.1. The second-order valence-electron chi connectivity index (χ2n) is 4.62. The second kappa shape index (κ2) is 7.40. The first-order valence-corrected chi connectivity index (χ1v) is 7.27. The summed E-state index contributed by atoms with van der Waals surface area (Å²) in [5.41, 5.74) is 4.11. The van der Waals surface area contributed by atoms with Crippen LogP contribution >= 0.6 is 23.2 Å². The first-order chi connectivity index (χ1) is 10.5. The minimum Gasteiger partial charge on any atom is -0.378 e. The predicted molar refractivity (Wildman–Crippen MR) is 88.2 cm³/mol. The molecule has 0 aliphatic carbocycles. The van der Waals surface area contributed by atoms with Gasteiger partial charge in [-0.15, -0.1) is 0 Å². The first-order valence-electron chi connectivity index (χ1n) is 6.51. The number of aliphatic hydroxyl groups excluding tert-OH is 1. The fraction of sp³-hybridized carbons (Fsp3) is 0.125. The van der Waals surface area contributed by atoms with Gasteiger partial charge in [-0.1, -0.05) is 59.6 Å². The van der Waals surface area contributed by atoms with Gasteiger partial charge in [0, 0.05) is 0 Å². The minimum atomic E-state index is -1.27. The lowest BCUT2D eigenvalue weighted by molar-refractivity contribution is -0.129. The van der Waals surface area contributed by atoms with Crippen molar-refractivity contribution >= 4 is 34.8 Å². The SMILES string of the molecule is C/C(=N\NC(=O)C(O)c1ccccc1)c1ccc(Cl)c(Cl)c1. The molecule has 0 spiro atoms. The van der Waals surface area contributed by atoms with Crippen LogP contribution in [0, 0.1) is 0 Å². The normalized spacial score (nSPS) is 12.8. The number of carbonyl (C=O) groups is 1. The van der Waals surface area contributed by atoms with E-state index >= 15 is 0 Å². The molecule has 4 nitrogen and oxygen atoms in total. The molecule has 0 aliphatic heterocycles. The standard InChI is InChI=1S/C16H14Cl2N2O2/c1-10(12-7-8-13(17)14(18)9-12)19-20-16(22)15(21)11-5-3-2-4-6-11/h2-9,15,21H,1H3,(H,20,22)/b19-10+. The van der Waals surface area contributed by atoms with Crippen molar-refractivity contribution in [2.75, 3.05) is 0 Å². The van der Waals surface area contributed by atoms with E-state index in [0.717, 1.165) is 5.56 Å². The molecule has 6 heteroatoms. The molecule has 0 saturated heterocycles. The number of carbonyl (C=O) groups excluding carboxylic acids is 1. The van der Waals surface area contributed by atoms with Crippen molar-refractivity contribution in [3.63, 3.8) is 0 Å². The van der Waals surface area contributed by atoms with Gasteiger partial charge >= 0.3 is 0 Å². The molecule has 1 unspecified atom stereocenters. The number of nitrogens with one attached hydrogen (secondary N) is 1. The fourth-order valence-electron chi connectivity index (χ4n) is 1.77. The summed E-state index contributed by atoms with van der Waals surface area (Å²) in [7, 11) is 0. The van der Waals surface area contributed by atoms with Crippen LogP contribution in [-0.2, 0) is 4.79 Å². The largest absolute Gasteiger partial charge is 0.378 e. The van der Waals surface area contributed by atoms with Gasteiger partial charge in [0.1, 0.15) is 0 Å². The number of halogens is 2. The third kappa shape index (κ3) is 4.07. The van der Waals surface area contributed by atoms with Crippen LogP contribution in [0.4, 0.5) is 0 Å². The summed E-state index contributed by atoms with van der Waals surface area (Å²) in [5.74, 6) is -0.606. The summed E-state index contributed by atoms with van der Waals surface area (Å²) >= 11 is 11.8. The molecule has 0 fully saturated rings. The van der Waals surface area contributed by atoms with Crippen LogP contribution in [0.3, 0.4) is 0 Å². The third-order valence-corrected chi connectivity index (χ3v) is 3.77. The summed E-state index contributed by atoms with van der Waals surface area (Å²) in [6, 6.07) is 13.7. The first kappa shape index (κ1) is 16.5. The summed E-state index contributed by atoms with van der Waals surface area (Å²) in [5, 5.41) is 14.8. The summed E-state index contributed by atoms with van der Waals surface area (Å²) in [6.45, 7) is 1.72. The predicted octanol–water partition coefficient (Wildman–Crippen LogP) is 3.57. The Labute approximate surface area is 138 Å². The van der Waals surface area contributed by atoms with Gasteiger partial charge in [0.05, 0.1) is 15.8 Å². The van der Waals surface area contributed by atoms with Gasteiger partial charge in [0.25, 0.3) is 5.91 Å². The van der Waals surface area contributed by atoms with Crippen LogP contribution < -0.4 is 5.43 Å². The Hall–Kier alpha value is -1.88. The summed E-state index contributed by atoms with van der Waals surface area (Å²) in [4.78, 5) is 11.9. The van der Waals surface area contributed by atoms with E-state index in [4.69, 9.17) is 23.2 Å². The van der Waals surface area contributed by atoms with Gasteiger partial charge < -0.3 is 5.11 Å². The molecule has 2 aromatic rings. The maximum Gasteiger partial charge on any atom is 0.273 e. The molecule has 0 aromatic heterocycles. The average molecular weight is 337 g/mol. The van der Waals surface area contributed by atoms with E-state index in [9.17, 15) is 9.90 Å². The van der Waals surface area contributed by atoms with E-state index in [0.29, 0.717) is 21.3 Å². The Morgan fingerprint density at radius 3 is 2.45 bits per heavy atom. The van der Waals surface area contributed by atoms with Gasteiger partial charge in [0.2, 0.25) is 0 Å². The number of amides is 1. The topological polar surface area (TPSA) is 61.7 Å². The van der Waals surface area contributed by atoms with Crippen molar-refractivity contribution in [2.45, 2.75) is 13.0 Å². The van der Waals surface area contributed by atoms with Crippen LogP contribution in [0.2, 0.25) is 10.0 Å². The van der Waals surface area contributed by atoms with Crippen LogP contribution in [0.25, 0.3) is 0 Å². The average Bonchev–Trinajstić information content (AvgIpc) is 2.54. The lowest BCUT2D eigenvalue weighted by Crippen LogP contribution is -2.26. The molecular weight excluding hydrogens is 323 g/mol. The van der Waals surface area contributed by atoms with E-state index in [2.05, 4.69) is 10.5 Å². The number of benzene rings is 2. The number of hydrogen-bond donors (Lipinski definition) is 2. The highest BCUT2D eigenvalue weighted by Crippen LogP contribution is 2.22. The molecule has 0 radical (unpaired) electrons. The van der Waals surface area contributed by atoms with Gasteiger partial charge in [0.15, 0.2) is 6.10 Å². The maximum absolute atomic E-state index is 11.9. The van der Waals surface area contributed by atoms with Crippen LogP contribution in [0.1, 0.15) is 24.2 Å². The fourth-order valence-corrected chi connectivity index (χ4v) is 2.07. The Balaban J connectivity index is 2.07. The number of aliphatic hydroxyl groups is 1. The van der Waals surface area contributed by atoms with Gasteiger partial charge in [-0.3, -0.25) is 4.79 Å². The zero-order valence-electron chi connectivity index (χ0n) is 11.8. The van der Waals surface area contributed by atoms with Crippen LogP contribution in [-0.4, -0.2) is 16.7 Å². The second-order valence-corrected chi connectivity index (χ2v) is 5.43. The van der Waals surface area contributed by atoms with Crippen LogP contribution in [0.15, 0.2) is 53.6 Å². The molecule has 1 amide bonds. The molecule has 2 N–H and O–H groups in total. The summed E-state index contributed by atoms with van der Waals surface area (Å²) < 4.78 is 0. The Bertz CT molecular complexity index is 703. The maximum atomic E-state index is 11.9. The van der Waals surface area contributed by atoms with Crippen molar-refractivity contribution in [3.8, 4) is 0 Å². The molecule has 0 aliphatic rings. The van der Waals surface area contributed by atoms with Crippen molar-refractivity contribution in [3.05, 3.63) is 69.7 Å². The monoisotopic (exact) mass is 336 g/mol. The zero-order chi connectivity index (χ0) is 16.1. The van der Waals surface area contributed by atoms with E-state index in [1.54, 1.807) is 55.5 Å². The van der Waals surface area contributed by atoms with Gasteiger partial charge in [-0.25, -0.2) is 5.43 Å². The molecular formula is C16H14Cl2N2O2. The third-order valence-electron chi connectivity index (χ3n) is 3.03. The van der Waals surface area contributed by atoms with Crippen molar-refractivity contribution in [1.82, 2.24) is 5.43 Å². The molecule has 2 rings (SSSR count). The molecule has 0 bridgehead atoms. The molecule has 114 valence electrons. The highest BCUT2D eigenvalue weighted by atomic mass is 35.5. The van der Waals surface area contributed by atoms with Crippen LogP contribution in [0.5, 0.6) is 0 Å². The lowest BCUT2D eigenvalue weighted by Gasteiger charge is -2.09. The van der Waals surface area contributed by atoms with Crippen molar-refractivity contribution < 1.29 is 9.90 Å². The summed E-state index contributed by atoms with van der Waals surface area (Å²) in [6.07, 6.45) is -1.27. The van der Waals surface area contributed by atoms with E-state index in [1.807, 2.05) is 0 Å². The van der Waals surface area contributed by atoms with E-state index < -0.39 is 12.0 Å². The van der Waals surface area contributed by atoms with Gasteiger partial charge in [-0.05, 0) is 30.2 Å². The number of hydrazone groups is 1. The number of nitrogens with zero attached hydrogens (tertiary/aromatic N) is 1. The quantitative estimate of drug-likeness (QED) is 0.662. The zero-order valence-corrected chi connectivity index (χ0v) is 13.3. The van der Waals surface area contributed by atoms with E-state index in [1.165, 1.54) is 0 Å². The van der Waals surface area contributed by atoms with Gasteiger partial charge in [-0.2, -0.15) is 5.10 Å². The Morgan fingerprint density at radius 1 is 1.14 bits per heavy atom. The Kier molecular flexibility index (Phi) is 5.55. The molecule has 1 atom stereocenters. The molecule has 0 saturated carbocycles. The minimum absolute atomic E-state index is 0.407. The molecule has 0 heterocycles. The highest BCUT2D eigenvalue weighted by Gasteiger charge is 2.16. The Morgan fingerprint density at radius 2 is 1.82 bits per heavy atom. The highest BCUT2D eigenvalue weighted by molar-refractivity contribution is 6.42. The number of hydrogen-bond acceptors (Lipinski definition) is 3.